The second-order valence-corrected chi connectivity index (χ2v) is 6.64. The summed E-state index contributed by atoms with van der Waals surface area (Å²) in [5.41, 5.74) is 6.80. The van der Waals surface area contributed by atoms with Gasteiger partial charge in [-0.3, -0.25) is 0 Å². The van der Waals surface area contributed by atoms with Crippen LogP contribution >= 0.6 is 11.6 Å². The molecule has 6 heteroatoms. The first-order valence-corrected chi connectivity index (χ1v) is 7.03. The highest BCUT2D eigenvalue weighted by Gasteiger charge is 2.24. The van der Waals surface area contributed by atoms with E-state index in [0.29, 0.717) is 16.3 Å². The van der Waals surface area contributed by atoms with E-state index >= 15 is 0 Å². The number of sulfonamides is 1. The second-order valence-electron chi connectivity index (χ2n) is 4.23. The fraction of sp³-hybridized carbons (Fsp3) is 0.455. The van der Waals surface area contributed by atoms with Gasteiger partial charge in [-0.25, -0.2) is 8.42 Å². The molecule has 1 aromatic carbocycles. The minimum absolute atomic E-state index is 0.124. The molecule has 0 saturated heterocycles. The average molecular weight is 277 g/mol. The number of halogens is 1. The molecule has 17 heavy (non-hydrogen) atoms. The molecule has 0 aliphatic heterocycles. The molecular formula is C11H17ClN2O2S. The van der Waals surface area contributed by atoms with E-state index in [1.165, 1.54) is 23.5 Å². The SMILES string of the molecule is Cc1c(N)cc(S(=O)(=O)N(C)C(C)C)cc1Cl. The molecule has 1 rings (SSSR count). The first-order chi connectivity index (χ1) is 7.67. The molecule has 0 fully saturated rings. The number of nitrogen functional groups attached to an aromatic ring is 1. The highest BCUT2D eigenvalue weighted by Crippen LogP contribution is 2.27. The molecule has 0 aromatic heterocycles. The summed E-state index contributed by atoms with van der Waals surface area (Å²) in [6, 6.07) is 2.75. The Morgan fingerprint density at radius 3 is 2.29 bits per heavy atom. The first kappa shape index (κ1) is 14.3. The first-order valence-electron chi connectivity index (χ1n) is 5.21. The molecule has 0 atom stereocenters. The van der Waals surface area contributed by atoms with Crippen LogP contribution in [0.15, 0.2) is 17.0 Å². The molecule has 0 heterocycles. The van der Waals surface area contributed by atoms with Crippen molar-refractivity contribution in [3.63, 3.8) is 0 Å². The standard InChI is InChI=1S/C11H17ClN2O2S/c1-7(2)14(4)17(15,16)9-5-10(12)8(3)11(13)6-9/h5-7H,13H2,1-4H3. The van der Waals surface area contributed by atoms with Crippen LogP contribution in [-0.4, -0.2) is 25.8 Å². The van der Waals surface area contributed by atoms with Gasteiger partial charge in [0.15, 0.2) is 0 Å². The molecule has 0 bridgehead atoms. The number of anilines is 1. The zero-order chi connectivity index (χ0) is 13.4. The van der Waals surface area contributed by atoms with Crippen molar-refractivity contribution in [1.82, 2.24) is 4.31 Å². The van der Waals surface area contributed by atoms with Gasteiger partial charge >= 0.3 is 0 Å². The Morgan fingerprint density at radius 1 is 1.35 bits per heavy atom. The molecule has 0 spiro atoms. The second kappa shape index (κ2) is 4.84. The summed E-state index contributed by atoms with van der Waals surface area (Å²) in [6.45, 7) is 5.35. The van der Waals surface area contributed by atoms with Crippen molar-refractivity contribution in [2.75, 3.05) is 12.8 Å². The quantitative estimate of drug-likeness (QED) is 0.862. The van der Waals surface area contributed by atoms with Crippen molar-refractivity contribution >= 4 is 27.3 Å². The highest BCUT2D eigenvalue weighted by atomic mass is 35.5. The Kier molecular flexibility index (Phi) is 4.06. The number of benzene rings is 1. The summed E-state index contributed by atoms with van der Waals surface area (Å²) in [4.78, 5) is 0.127. The number of hydrogen-bond donors (Lipinski definition) is 1. The van der Waals surface area contributed by atoms with E-state index < -0.39 is 10.0 Å². The molecule has 0 amide bonds. The maximum absolute atomic E-state index is 12.2. The van der Waals surface area contributed by atoms with E-state index in [0.717, 1.165) is 0 Å². The molecule has 1 aromatic rings. The fourth-order valence-corrected chi connectivity index (χ4v) is 2.99. The zero-order valence-corrected chi connectivity index (χ0v) is 11.9. The molecule has 0 aliphatic rings. The lowest BCUT2D eigenvalue weighted by Crippen LogP contribution is -2.33. The number of rotatable bonds is 3. The van der Waals surface area contributed by atoms with Gasteiger partial charge in [0.05, 0.1) is 4.90 Å². The van der Waals surface area contributed by atoms with Crippen molar-refractivity contribution in [1.29, 1.82) is 0 Å². The third-order valence-corrected chi connectivity index (χ3v) is 5.17. The van der Waals surface area contributed by atoms with E-state index in [1.807, 2.05) is 0 Å². The maximum atomic E-state index is 12.2. The molecule has 0 aliphatic carbocycles. The van der Waals surface area contributed by atoms with Crippen LogP contribution in [0, 0.1) is 6.92 Å². The largest absolute Gasteiger partial charge is 0.398 e. The van der Waals surface area contributed by atoms with Gasteiger partial charge in [0, 0.05) is 23.8 Å². The van der Waals surface area contributed by atoms with Gasteiger partial charge in [-0.15, -0.1) is 0 Å². The Bertz CT molecular complexity index is 503. The van der Waals surface area contributed by atoms with Gasteiger partial charge in [0.2, 0.25) is 10.0 Å². The predicted octanol–water partition coefficient (Wildman–Crippen LogP) is 2.26. The van der Waals surface area contributed by atoms with Crippen LogP contribution in [-0.2, 0) is 10.0 Å². The van der Waals surface area contributed by atoms with Crippen molar-refractivity contribution < 1.29 is 8.42 Å². The topological polar surface area (TPSA) is 63.4 Å². The van der Waals surface area contributed by atoms with Crippen LogP contribution in [0.1, 0.15) is 19.4 Å². The highest BCUT2D eigenvalue weighted by molar-refractivity contribution is 7.89. The minimum Gasteiger partial charge on any atom is -0.398 e. The van der Waals surface area contributed by atoms with E-state index in [1.54, 1.807) is 20.8 Å². The minimum atomic E-state index is -3.53. The van der Waals surface area contributed by atoms with E-state index in [2.05, 4.69) is 0 Å². The Morgan fingerprint density at radius 2 is 1.88 bits per heavy atom. The van der Waals surface area contributed by atoms with E-state index in [-0.39, 0.29) is 10.9 Å². The monoisotopic (exact) mass is 276 g/mol. The van der Waals surface area contributed by atoms with Crippen molar-refractivity contribution in [3.05, 3.63) is 22.7 Å². The van der Waals surface area contributed by atoms with Crippen LogP contribution in [0.5, 0.6) is 0 Å². The number of nitrogens with zero attached hydrogens (tertiary/aromatic N) is 1. The van der Waals surface area contributed by atoms with Gasteiger partial charge in [-0.2, -0.15) is 4.31 Å². The fourth-order valence-electron chi connectivity index (χ4n) is 1.27. The summed E-state index contributed by atoms with van der Waals surface area (Å²) in [7, 11) is -2.00. The summed E-state index contributed by atoms with van der Waals surface area (Å²) < 4.78 is 25.7. The third-order valence-electron chi connectivity index (χ3n) is 2.76. The number of nitrogens with two attached hydrogens (primary N) is 1. The van der Waals surface area contributed by atoms with E-state index in [9.17, 15) is 8.42 Å². The Hall–Kier alpha value is -0.780. The van der Waals surface area contributed by atoms with Crippen LogP contribution in [0.2, 0.25) is 5.02 Å². The molecule has 0 radical (unpaired) electrons. The van der Waals surface area contributed by atoms with Crippen LogP contribution < -0.4 is 5.73 Å². The van der Waals surface area contributed by atoms with Gasteiger partial charge in [0.25, 0.3) is 0 Å². The number of hydrogen-bond acceptors (Lipinski definition) is 3. The summed E-state index contributed by atoms with van der Waals surface area (Å²) >= 11 is 5.95. The molecule has 96 valence electrons. The maximum Gasteiger partial charge on any atom is 0.243 e. The van der Waals surface area contributed by atoms with Crippen molar-refractivity contribution in [2.45, 2.75) is 31.7 Å². The lowest BCUT2D eigenvalue weighted by atomic mass is 10.2. The lowest BCUT2D eigenvalue weighted by Gasteiger charge is -2.21. The summed E-state index contributed by atoms with van der Waals surface area (Å²) in [5.74, 6) is 0. The zero-order valence-electron chi connectivity index (χ0n) is 10.4. The molecule has 0 unspecified atom stereocenters. The van der Waals surface area contributed by atoms with Gasteiger partial charge in [0.1, 0.15) is 0 Å². The van der Waals surface area contributed by atoms with E-state index in [4.69, 9.17) is 17.3 Å². The summed E-state index contributed by atoms with van der Waals surface area (Å²) in [5, 5.41) is 0.362. The molecule has 2 N–H and O–H groups in total. The predicted molar refractivity (Wildman–Crippen MR) is 70.7 cm³/mol. The van der Waals surface area contributed by atoms with Gasteiger partial charge in [-0.1, -0.05) is 11.6 Å². The van der Waals surface area contributed by atoms with Crippen LogP contribution in [0.4, 0.5) is 5.69 Å². The smallest absolute Gasteiger partial charge is 0.243 e. The average Bonchev–Trinajstić information content (AvgIpc) is 2.23. The van der Waals surface area contributed by atoms with Crippen LogP contribution in [0.3, 0.4) is 0 Å². The molecular weight excluding hydrogens is 260 g/mol. The molecule has 0 saturated carbocycles. The third kappa shape index (κ3) is 2.73. The van der Waals surface area contributed by atoms with Crippen molar-refractivity contribution in [2.24, 2.45) is 0 Å². The normalized spacial score (nSPS) is 12.4. The van der Waals surface area contributed by atoms with Gasteiger partial charge < -0.3 is 5.73 Å². The van der Waals surface area contributed by atoms with Crippen LogP contribution in [0.25, 0.3) is 0 Å². The van der Waals surface area contributed by atoms with Gasteiger partial charge in [-0.05, 0) is 38.5 Å². The molecule has 4 nitrogen and oxygen atoms in total. The Balaban J connectivity index is 3.35. The Labute approximate surface area is 107 Å². The van der Waals surface area contributed by atoms with Crippen molar-refractivity contribution in [3.8, 4) is 0 Å². The summed E-state index contributed by atoms with van der Waals surface area (Å²) in [6.07, 6.45) is 0. The lowest BCUT2D eigenvalue weighted by molar-refractivity contribution is 0.410.